The number of rotatable bonds is 5. The Morgan fingerprint density at radius 3 is 2.50 bits per heavy atom. The number of piperidine rings is 1. The van der Waals surface area contributed by atoms with E-state index < -0.39 is 0 Å². The van der Waals surface area contributed by atoms with Crippen LogP contribution in [0.3, 0.4) is 0 Å². The molecule has 0 aromatic carbocycles. The number of likely N-dealkylation sites (tertiary alicyclic amines) is 1. The Balaban J connectivity index is 1.81. The molecular formula is C17H35N3. The molecule has 2 aliphatic rings. The molecule has 0 aromatic rings. The molecule has 2 rings (SSSR count). The third-order valence-corrected chi connectivity index (χ3v) is 5.46. The highest BCUT2D eigenvalue weighted by Crippen LogP contribution is 2.22. The van der Waals surface area contributed by atoms with E-state index in [2.05, 4.69) is 42.9 Å². The third kappa shape index (κ3) is 4.44. The van der Waals surface area contributed by atoms with Crippen LogP contribution in [0.15, 0.2) is 0 Å². The van der Waals surface area contributed by atoms with Crippen LogP contribution in [-0.4, -0.2) is 61.7 Å². The molecule has 2 atom stereocenters. The number of hydrogen-bond acceptors (Lipinski definition) is 3. The van der Waals surface area contributed by atoms with Gasteiger partial charge in [0, 0.05) is 25.2 Å². The maximum atomic E-state index is 3.73. The lowest BCUT2D eigenvalue weighted by atomic mass is 9.92. The summed E-state index contributed by atoms with van der Waals surface area (Å²) in [5.41, 5.74) is 0. The molecule has 2 heterocycles. The summed E-state index contributed by atoms with van der Waals surface area (Å²) in [6.07, 6.45) is 5.49. The molecule has 0 amide bonds. The first kappa shape index (κ1) is 16.3. The summed E-state index contributed by atoms with van der Waals surface area (Å²) in [6.45, 7) is 13.4. The molecule has 0 spiro atoms. The van der Waals surface area contributed by atoms with E-state index in [0.717, 1.165) is 17.9 Å². The minimum atomic E-state index is 0.711. The molecule has 0 aliphatic carbocycles. The second-order valence-corrected chi connectivity index (χ2v) is 7.36. The summed E-state index contributed by atoms with van der Waals surface area (Å²) in [7, 11) is 2.26. The van der Waals surface area contributed by atoms with Gasteiger partial charge in [0.2, 0.25) is 0 Å². The molecule has 2 aliphatic heterocycles. The Hall–Kier alpha value is -0.120. The van der Waals surface area contributed by atoms with E-state index in [1.165, 1.54) is 58.4 Å². The average molecular weight is 281 g/mol. The molecule has 0 saturated carbocycles. The Labute approximate surface area is 126 Å². The Morgan fingerprint density at radius 1 is 1.20 bits per heavy atom. The molecule has 2 fully saturated rings. The molecule has 3 nitrogen and oxygen atoms in total. The Morgan fingerprint density at radius 2 is 1.90 bits per heavy atom. The van der Waals surface area contributed by atoms with Gasteiger partial charge in [0.1, 0.15) is 0 Å². The summed E-state index contributed by atoms with van der Waals surface area (Å²) < 4.78 is 0. The topological polar surface area (TPSA) is 18.5 Å². The molecule has 1 N–H and O–H groups in total. The Bertz CT molecular complexity index is 271. The molecule has 3 heteroatoms. The van der Waals surface area contributed by atoms with E-state index in [0.29, 0.717) is 6.04 Å². The van der Waals surface area contributed by atoms with E-state index in [1.807, 2.05) is 0 Å². The van der Waals surface area contributed by atoms with Gasteiger partial charge in [-0.1, -0.05) is 20.8 Å². The van der Waals surface area contributed by atoms with Crippen molar-refractivity contribution in [1.82, 2.24) is 15.1 Å². The largest absolute Gasteiger partial charge is 0.311 e. The average Bonchev–Trinajstić information content (AvgIpc) is 2.46. The van der Waals surface area contributed by atoms with Gasteiger partial charge in [-0.2, -0.15) is 0 Å². The van der Waals surface area contributed by atoms with Gasteiger partial charge in [0.25, 0.3) is 0 Å². The second-order valence-electron chi connectivity index (χ2n) is 7.36. The lowest BCUT2D eigenvalue weighted by Crippen LogP contribution is -2.58. The zero-order chi connectivity index (χ0) is 14.5. The van der Waals surface area contributed by atoms with Gasteiger partial charge in [-0.25, -0.2) is 0 Å². The van der Waals surface area contributed by atoms with Crippen LogP contribution in [-0.2, 0) is 0 Å². The van der Waals surface area contributed by atoms with Crippen molar-refractivity contribution in [3.05, 3.63) is 0 Å². The summed E-state index contributed by atoms with van der Waals surface area (Å²) >= 11 is 0. The minimum Gasteiger partial charge on any atom is -0.311 e. The molecule has 0 aromatic heterocycles. The quantitative estimate of drug-likeness (QED) is 0.835. The predicted octanol–water partition coefficient (Wildman–Crippen LogP) is 2.43. The second kappa shape index (κ2) is 7.77. The third-order valence-electron chi connectivity index (χ3n) is 5.46. The molecule has 118 valence electrons. The lowest BCUT2D eigenvalue weighted by Gasteiger charge is -2.43. The van der Waals surface area contributed by atoms with Crippen LogP contribution >= 0.6 is 0 Å². The maximum Gasteiger partial charge on any atom is 0.0244 e. The fourth-order valence-electron chi connectivity index (χ4n) is 3.79. The highest BCUT2D eigenvalue weighted by molar-refractivity contribution is 4.87. The van der Waals surface area contributed by atoms with Gasteiger partial charge in [0.05, 0.1) is 0 Å². The highest BCUT2D eigenvalue weighted by atomic mass is 15.2. The number of nitrogens with one attached hydrogen (secondary N) is 1. The SMILES string of the molecule is CCC1CN(CCC2CCN(C)CC2)C(C(C)C)CN1. The first-order chi connectivity index (χ1) is 9.60. The van der Waals surface area contributed by atoms with Crippen LogP contribution in [0.5, 0.6) is 0 Å². The maximum absolute atomic E-state index is 3.73. The van der Waals surface area contributed by atoms with Crippen molar-refractivity contribution >= 4 is 0 Å². The molecule has 0 radical (unpaired) electrons. The zero-order valence-electron chi connectivity index (χ0n) is 14.1. The van der Waals surface area contributed by atoms with Gasteiger partial charge in [0.15, 0.2) is 0 Å². The molecule has 2 saturated heterocycles. The fraction of sp³-hybridized carbons (Fsp3) is 1.00. The van der Waals surface area contributed by atoms with Crippen LogP contribution in [0, 0.1) is 11.8 Å². The first-order valence-corrected chi connectivity index (χ1v) is 8.76. The summed E-state index contributed by atoms with van der Waals surface area (Å²) in [5.74, 6) is 1.73. The van der Waals surface area contributed by atoms with Gasteiger partial charge in [-0.15, -0.1) is 0 Å². The summed E-state index contributed by atoms with van der Waals surface area (Å²) in [6, 6.07) is 1.45. The fourth-order valence-corrected chi connectivity index (χ4v) is 3.79. The van der Waals surface area contributed by atoms with Crippen LogP contribution in [0.2, 0.25) is 0 Å². The lowest BCUT2D eigenvalue weighted by molar-refractivity contribution is 0.0850. The van der Waals surface area contributed by atoms with Gasteiger partial charge in [-0.3, -0.25) is 4.90 Å². The van der Waals surface area contributed by atoms with Crippen molar-refractivity contribution in [3.63, 3.8) is 0 Å². The van der Waals surface area contributed by atoms with Crippen molar-refractivity contribution in [2.45, 2.75) is 58.5 Å². The number of piperazine rings is 1. The van der Waals surface area contributed by atoms with Crippen LogP contribution < -0.4 is 5.32 Å². The zero-order valence-corrected chi connectivity index (χ0v) is 14.1. The predicted molar refractivity (Wildman–Crippen MR) is 87.1 cm³/mol. The smallest absolute Gasteiger partial charge is 0.0244 e. The minimum absolute atomic E-state index is 0.711. The van der Waals surface area contributed by atoms with E-state index in [9.17, 15) is 0 Å². The van der Waals surface area contributed by atoms with Gasteiger partial charge < -0.3 is 10.2 Å². The van der Waals surface area contributed by atoms with Crippen molar-refractivity contribution in [2.75, 3.05) is 39.8 Å². The van der Waals surface area contributed by atoms with Gasteiger partial charge >= 0.3 is 0 Å². The van der Waals surface area contributed by atoms with E-state index in [1.54, 1.807) is 0 Å². The number of hydrogen-bond donors (Lipinski definition) is 1. The molecule has 0 bridgehead atoms. The Kier molecular flexibility index (Phi) is 6.31. The standard InChI is InChI=1S/C17H35N3/c1-5-16-13-20(17(12-18-16)14(2)3)11-8-15-6-9-19(4)10-7-15/h14-18H,5-13H2,1-4H3. The summed E-state index contributed by atoms with van der Waals surface area (Å²) in [4.78, 5) is 5.26. The highest BCUT2D eigenvalue weighted by Gasteiger charge is 2.29. The molecule has 2 unspecified atom stereocenters. The van der Waals surface area contributed by atoms with Crippen molar-refractivity contribution < 1.29 is 0 Å². The van der Waals surface area contributed by atoms with Crippen LogP contribution in [0.1, 0.15) is 46.5 Å². The molecule has 20 heavy (non-hydrogen) atoms. The summed E-state index contributed by atoms with van der Waals surface area (Å²) in [5, 5.41) is 3.73. The normalized spacial score (nSPS) is 31.1. The van der Waals surface area contributed by atoms with Gasteiger partial charge in [-0.05, 0) is 64.2 Å². The van der Waals surface area contributed by atoms with Crippen LogP contribution in [0.25, 0.3) is 0 Å². The number of nitrogens with zero attached hydrogens (tertiary/aromatic N) is 2. The first-order valence-electron chi connectivity index (χ1n) is 8.76. The molecular weight excluding hydrogens is 246 g/mol. The van der Waals surface area contributed by atoms with E-state index in [4.69, 9.17) is 0 Å². The van der Waals surface area contributed by atoms with E-state index >= 15 is 0 Å². The van der Waals surface area contributed by atoms with Crippen molar-refractivity contribution in [3.8, 4) is 0 Å². The monoisotopic (exact) mass is 281 g/mol. The van der Waals surface area contributed by atoms with E-state index in [-0.39, 0.29) is 0 Å². The van der Waals surface area contributed by atoms with Crippen LogP contribution in [0.4, 0.5) is 0 Å². The van der Waals surface area contributed by atoms with Crippen molar-refractivity contribution in [1.29, 1.82) is 0 Å². The van der Waals surface area contributed by atoms with Crippen molar-refractivity contribution in [2.24, 2.45) is 11.8 Å².